The van der Waals surface area contributed by atoms with Gasteiger partial charge < -0.3 is 5.73 Å². The molecule has 15 heavy (non-hydrogen) atoms. The highest BCUT2D eigenvalue weighted by atomic mass is 35.5. The van der Waals surface area contributed by atoms with Crippen molar-refractivity contribution >= 4 is 23.1 Å². The van der Waals surface area contributed by atoms with E-state index in [2.05, 4.69) is 9.59 Å². The lowest BCUT2D eigenvalue weighted by Crippen LogP contribution is -2.11. The molecule has 1 atom stereocenters. The lowest BCUT2D eigenvalue weighted by atomic mass is 10.1. The van der Waals surface area contributed by atoms with Crippen LogP contribution in [0.25, 0.3) is 0 Å². The number of hydrogen-bond acceptors (Lipinski definition) is 4. The van der Waals surface area contributed by atoms with Gasteiger partial charge in [-0.05, 0) is 35.6 Å². The minimum absolute atomic E-state index is 0.0359. The highest BCUT2D eigenvalue weighted by molar-refractivity contribution is 7.05. The van der Waals surface area contributed by atoms with Crippen molar-refractivity contribution in [3.63, 3.8) is 0 Å². The highest BCUT2D eigenvalue weighted by Gasteiger charge is 2.09. The lowest BCUT2D eigenvalue weighted by Gasteiger charge is -2.08. The van der Waals surface area contributed by atoms with Gasteiger partial charge in [-0.2, -0.15) is 0 Å². The average molecular weight is 240 g/mol. The third kappa shape index (κ3) is 2.75. The SMILES string of the molecule is NC(Cc1ccc(Cl)cc1)c1cnns1. The van der Waals surface area contributed by atoms with Crippen molar-refractivity contribution in [1.29, 1.82) is 0 Å². The van der Waals surface area contributed by atoms with Crippen LogP contribution in [0.4, 0.5) is 0 Å². The fourth-order valence-corrected chi connectivity index (χ4v) is 1.94. The van der Waals surface area contributed by atoms with Crippen molar-refractivity contribution in [1.82, 2.24) is 9.59 Å². The molecule has 0 radical (unpaired) electrons. The molecule has 2 N–H and O–H groups in total. The third-order valence-corrected chi connectivity index (χ3v) is 3.16. The molecule has 0 fully saturated rings. The van der Waals surface area contributed by atoms with Crippen LogP contribution in [0.15, 0.2) is 30.5 Å². The third-order valence-electron chi connectivity index (χ3n) is 2.11. The summed E-state index contributed by atoms with van der Waals surface area (Å²) in [6.45, 7) is 0. The molecule has 0 spiro atoms. The second-order valence-corrected chi connectivity index (χ2v) is 4.51. The number of aromatic nitrogens is 2. The number of nitrogens with two attached hydrogens (primary N) is 1. The zero-order chi connectivity index (χ0) is 10.7. The van der Waals surface area contributed by atoms with Gasteiger partial charge in [-0.1, -0.05) is 28.2 Å². The molecule has 1 unspecified atom stereocenters. The van der Waals surface area contributed by atoms with E-state index in [1.54, 1.807) is 6.20 Å². The van der Waals surface area contributed by atoms with Gasteiger partial charge in [-0.15, -0.1) is 5.10 Å². The molecule has 3 nitrogen and oxygen atoms in total. The molecule has 78 valence electrons. The maximum absolute atomic E-state index is 6.01. The summed E-state index contributed by atoms with van der Waals surface area (Å²) >= 11 is 7.14. The second kappa shape index (κ2) is 4.70. The molecular formula is C10H10ClN3S. The van der Waals surface area contributed by atoms with Crippen LogP contribution in [0.5, 0.6) is 0 Å². The summed E-state index contributed by atoms with van der Waals surface area (Å²) in [5.41, 5.74) is 7.17. The van der Waals surface area contributed by atoms with Gasteiger partial charge >= 0.3 is 0 Å². The number of hydrogen-bond donors (Lipinski definition) is 1. The average Bonchev–Trinajstić information content (AvgIpc) is 2.74. The van der Waals surface area contributed by atoms with E-state index in [4.69, 9.17) is 17.3 Å². The molecule has 0 aliphatic heterocycles. The molecule has 0 aliphatic carbocycles. The van der Waals surface area contributed by atoms with Crippen molar-refractivity contribution in [2.75, 3.05) is 0 Å². The first-order valence-corrected chi connectivity index (χ1v) is 5.68. The quantitative estimate of drug-likeness (QED) is 0.895. The van der Waals surface area contributed by atoms with E-state index in [0.29, 0.717) is 0 Å². The molecule has 0 aliphatic rings. The maximum atomic E-state index is 6.01. The Balaban J connectivity index is 2.06. The number of halogens is 1. The molecule has 2 aromatic rings. The number of nitrogens with zero attached hydrogens (tertiary/aromatic N) is 2. The predicted octanol–water partition coefficient (Wildman–Crippen LogP) is 2.43. The van der Waals surface area contributed by atoms with E-state index in [9.17, 15) is 0 Å². The van der Waals surface area contributed by atoms with Crippen molar-refractivity contribution in [2.24, 2.45) is 5.73 Å². The minimum atomic E-state index is -0.0359. The zero-order valence-corrected chi connectivity index (χ0v) is 9.50. The minimum Gasteiger partial charge on any atom is -0.323 e. The smallest absolute Gasteiger partial charge is 0.0669 e. The van der Waals surface area contributed by atoms with Crippen LogP contribution in [-0.4, -0.2) is 9.59 Å². The first kappa shape index (κ1) is 10.5. The topological polar surface area (TPSA) is 51.8 Å². The normalized spacial score (nSPS) is 12.7. The largest absolute Gasteiger partial charge is 0.323 e. The van der Waals surface area contributed by atoms with Crippen LogP contribution < -0.4 is 5.73 Å². The maximum Gasteiger partial charge on any atom is 0.0669 e. The van der Waals surface area contributed by atoms with Crippen LogP contribution in [0.1, 0.15) is 16.5 Å². The van der Waals surface area contributed by atoms with E-state index in [1.807, 2.05) is 24.3 Å². The summed E-state index contributed by atoms with van der Waals surface area (Å²) in [4.78, 5) is 1.00. The van der Waals surface area contributed by atoms with Gasteiger partial charge in [0.15, 0.2) is 0 Å². The molecule has 1 aromatic carbocycles. The van der Waals surface area contributed by atoms with Crippen molar-refractivity contribution in [3.8, 4) is 0 Å². The first-order valence-electron chi connectivity index (χ1n) is 4.53. The summed E-state index contributed by atoms with van der Waals surface area (Å²) in [5, 5.41) is 4.51. The number of benzene rings is 1. The van der Waals surface area contributed by atoms with E-state index in [1.165, 1.54) is 17.1 Å². The molecule has 5 heteroatoms. The molecule has 0 bridgehead atoms. The first-order chi connectivity index (χ1) is 7.25. The van der Waals surface area contributed by atoms with Crippen molar-refractivity contribution in [3.05, 3.63) is 45.9 Å². The van der Waals surface area contributed by atoms with Crippen molar-refractivity contribution < 1.29 is 0 Å². The van der Waals surface area contributed by atoms with Crippen LogP contribution >= 0.6 is 23.1 Å². The molecule has 0 saturated heterocycles. The molecule has 0 saturated carbocycles. The van der Waals surface area contributed by atoms with E-state index in [-0.39, 0.29) is 6.04 Å². The molecule has 2 rings (SSSR count). The summed E-state index contributed by atoms with van der Waals surface area (Å²) in [6, 6.07) is 7.67. The Morgan fingerprint density at radius 2 is 2.07 bits per heavy atom. The summed E-state index contributed by atoms with van der Waals surface area (Å²) < 4.78 is 3.79. The van der Waals surface area contributed by atoms with Crippen LogP contribution in [0, 0.1) is 0 Å². The van der Waals surface area contributed by atoms with Crippen LogP contribution in [0.3, 0.4) is 0 Å². The molecule has 0 amide bonds. The fraction of sp³-hybridized carbons (Fsp3) is 0.200. The van der Waals surface area contributed by atoms with Gasteiger partial charge in [0.2, 0.25) is 0 Å². The van der Waals surface area contributed by atoms with E-state index >= 15 is 0 Å². The Bertz CT molecular complexity index is 413. The molecule has 1 heterocycles. The van der Waals surface area contributed by atoms with E-state index < -0.39 is 0 Å². The Labute approximate surface area is 97.1 Å². The van der Waals surface area contributed by atoms with Gasteiger partial charge in [0.05, 0.1) is 11.1 Å². The fourth-order valence-electron chi connectivity index (χ4n) is 1.31. The van der Waals surface area contributed by atoms with Gasteiger partial charge in [0.1, 0.15) is 0 Å². The van der Waals surface area contributed by atoms with E-state index in [0.717, 1.165) is 16.3 Å². The van der Waals surface area contributed by atoms with Crippen LogP contribution in [-0.2, 0) is 6.42 Å². The van der Waals surface area contributed by atoms with Gasteiger partial charge in [-0.25, -0.2) is 0 Å². The standard InChI is InChI=1S/C10H10ClN3S/c11-8-3-1-7(2-4-8)5-9(12)10-6-13-14-15-10/h1-4,6,9H,5,12H2. The molecular weight excluding hydrogens is 230 g/mol. The monoisotopic (exact) mass is 239 g/mol. The van der Waals surface area contributed by atoms with Crippen LogP contribution in [0.2, 0.25) is 5.02 Å². The predicted molar refractivity (Wildman–Crippen MR) is 62.0 cm³/mol. The summed E-state index contributed by atoms with van der Waals surface area (Å²) in [5.74, 6) is 0. The lowest BCUT2D eigenvalue weighted by molar-refractivity contribution is 0.734. The Morgan fingerprint density at radius 1 is 1.33 bits per heavy atom. The van der Waals surface area contributed by atoms with Gasteiger partial charge in [0.25, 0.3) is 0 Å². The zero-order valence-electron chi connectivity index (χ0n) is 7.93. The Hall–Kier alpha value is -0.970. The van der Waals surface area contributed by atoms with Crippen molar-refractivity contribution in [2.45, 2.75) is 12.5 Å². The second-order valence-electron chi connectivity index (χ2n) is 3.26. The molecule has 1 aromatic heterocycles. The Morgan fingerprint density at radius 3 is 2.67 bits per heavy atom. The highest BCUT2D eigenvalue weighted by Crippen LogP contribution is 2.19. The van der Waals surface area contributed by atoms with Gasteiger partial charge in [-0.3, -0.25) is 0 Å². The number of rotatable bonds is 3. The Kier molecular flexibility index (Phi) is 3.30. The van der Waals surface area contributed by atoms with Gasteiger partial charge in [0, 0.05) is 11.1 Å². The summed E-state index contributed by atoms with van der Waals surface area (Å²) in [7, 11) is 0. The summed E-state index contributed by atoms with van der Waals surface area (Å²) in [6.07, 6.45) is 2.49.